The van der Waals surface area contributed by atoms with Crippen molar-refractivity contribution in [1.29, 1.82) is 0 Å². The van der Waals surface area contributed by atoms with Gasteiger partial charge in [0.25, 0.3) is 5.69 Å². The van der Waals surface area contributed by atoms with E-state index in [2.05, 4.69) is 15.9 Å². The van der Waals surface area contributed by atoms with Gasteiger partial charge in [0.2, 0.25) is 10.0 Å². The summed E-state index contributed by atoms with van der Waals surface area (Å²) in [5.41, 5.74) is 5.86. The first-order valence-corrected chi connectivity index (χ1v) is 9.18. The maximum Gasteiger partial charge on any atom is 0.274 e. The van der Waals surface area contributed by atoms with Crippen LogP contribution in [0.3, 0.4) is 0 Å². The highest BCUT2D eigenvalue weighted by molar-refractivity contribution is 9.10. The Morgan fingerprint density at radius 2 is 2.14 bits per heavy atom. The lowest BCUT2D eigenvalue weighted by atomic mass is 10.1. The van der Waals surface area contributed by atoms with E-state index < -0.39 is 14.9 Å². The van der Waals surface area contributed by atoms with E-state index in [0.29, 0.717) is 23.0 Å². The van der Waals surface area contributed by atoms with Gasteiger partial charge in [0, 0.05) is 35.2 Å². The van der Waals surface area contributed by atoms with Gasteiger partial charge < -0.3 is 5.73 Å². The van der Waals surface area contributed by atoms with Crippen molar-refractivity contribution in [2.24, 2.45) is 5.73 Å². The summed E-state index contributed by atoms with van der Waals surface area (Å²) >= 11 is 3.20. The fourth-order valence-electron chi connectivity index (χ4n) is 2.64. The molecule has 0 saturated carbocycles. The van der Waals surface area contributed by atoms with Crippen LogP contribution in [0.5, 0.6) is 0 Å². The zero-order valence-electron chi connectivity index (χ0n) is 12.2. The van der Waals surface area contributed by atoms with Crippen LogP contribution in [-0.2, 0) is 10.0 Å². The molecule has 1 fully saturated rings. The summed E-state index contributed by atoms with van der Waals surface area (Å²) < 4.78 is 27.4. The summed E-state index contributed by atoms with van der Waals surface area (Å²) in [4.78, 5) is 10.5. The zero-order valence-corrected chi connectivity index (χ0v) is 14.6. The molecular weight excluding hydrogens is 374 g/mol. The molecule has 2 N–H and O–H groups in total. The van der Waals surface area contributed by atoms with Gasteiger partial charge in [-0.15, -0.1) is 0 Å². The van der Waals surface area contributed by atoms with Gasteiger partial charge in [-0.05, 0) is 25.8 Å². The number of nitro benzene ring substituents is 1. The third kappa shape index (κ3) is 3.17. The second kappa shape index (κ2) is 6.61. The molecule has 1 unspecified atom stereocenters. The summed E-state index contributed by atoms with van der Waals surface area (Å²) in [7, 11) is -3.80. The number of rotatable bonds is 4. The molecule has 0 amide bonds. The molecule has 22 heavy (non-hydrogen) atoms. The fraction of sp³-hybridized carbons (Fsp3) is 0.538. The van der Waals surface area contributed by atoms with E-state index in [1.54, 1.807) is 6.92 Å². The van der Waals surface area contributed by atoms with Gasteiger partial charge in [0.1, 0.15) is 0 Å². The van der Waals surface area contributed by atoms with Crippen LogP contribution in [0.2, 0.25) is 0 Å². The molecule has 2 rings (SSSR count). The highest BCUT2D eigenvalue weighted by Crippen LogP contribution is 2.33. The van der Waals surface area contributed by atoms with E-state index in [9.17, 15) is 18.5 Å². The van der Waals surface area contributed by atoms with Crippen molar-refractivity contribution < 1.29 is 13.3 Å². The summed E-state index contributed by atoms with van der Waals surface area (Å²) in [6.45, 7) is 2.21. The van der Waals surface area contributed by atoms with E-state index >= 15 is 0 Å². The largest absolute Gasteiger partial charge is 0.329 e. The smallest absolute Gasteiger partial charge is 0.274 e. The number of halogens is 1. The third-order valence-corrected chi connectivity index (χ3v) is 6.69. The maximum atomic E-state index is 12.8. The second-order valence-electron chi connectivity index (χ2n) is 5.31. The molecule has 1 saturated heterocycles. The summed E-state index contributed by atoms with van der Waals surface area (Å²) in [5, 5.41) is 11.1. The van der Waals surface area contributed by atoms with Gasteiger partial charge in [0.15, 0.2) is 0 Å². The fourth-order valence-corrected chi connectivity index (χ4v) is 4.99. The van der Waals surface area contributed by atoms with Crippen molar-refractivity contribution in [3.63, 3.8) is 0 Å². The Morgan fingerprint density at radius 1 is 1.45 bits per heavy atom. The van der Waals surface area contributed by atoms with E-state index in [1.807, 2.05) is 0 Å². The van der Waals surface area contributed by atoms with Crippen molar-refractivity contribution in [2.45, 2.75) is 37.1 Å². The van der Waals surface area contributed by atoms with Crippen molar-refractivity contribution in [3.8, 4) is 0 Å². The van der Waals surface area contributed by atoms with Gasteiger partial charge in [0.05, 0.1) is 9.82 Å². The quantitative estimate of drug-likeness (QED) is 0.624. The minimum absolute atomic E-state index is 0.0722. The van der Waals surface area contributed by atoms with Crippen LogP contribution in [-0.4, -0.2) is 36.8 Å². The molecule has 1 aromatic carbocycles. The van der Waals surface area contributed by atoms with E-state index in [1.165, 1.54) is 10.4 Å². The molecule has 9 heteroatoms. The zero-order chi connectivity index (χ0) is 16.5. The second-order valence-corrected chi connectivity index (χ2v) is 8.05. The van der Waals surface area contributed by atoms with Crippen LogP contribution in [0, 0.1) is 17.0 Å². The Morgan fingerprint density at radius 3 is 2.73 bits per heavy atom. The predicted molar refractivity (Wildman–Crippen MR) is 86.1 cm³/mol. The Labute approximate surface area is 137 Å². The monoisotopic (exact) mass is 391 g/mol. The number of benzene rings is 1. The minimum atomic E-state index is -3.80. The van der Waals surface area contributed by atoms with Crippen LogP contribution in [0.1, 0.15) is 24.8 Å². The molecule has 7 nitrogen and oxygen atoms in total. The van der Waals surface area contributed by atoms with Crippen molar-refractivity contribution in [1.82, 2.24) is 4.31 Å². The first kappa shape index (κ1) is 17.3. The van der Waals surface area contributed by atoms with Crippen LogP contribution < -0.4 is 5.73 Å². The number of hydrogen-bond donors (Lipinski definition) is 1. The highest BCUT2D eigenvalue weighted by atomic mass is 79.9. The number of nitro groups is 1. The van der Waals surface area contributed by atoms with Crippen molar-refractivity contribution in [3.05, 3.63) is 32.3 Å². The first-order chi connectivity index (χ1) is 10.3. The molecule has 122 valence electrons. The van der Waals surface area contributed by atoms with Gasteiger partial charge in [-0.25, -0.2) is 8.42 Å². The molecule has 0 aromatic heterocycles. The molecule has 1 atom stereocenters. The first-order valence-electron chi connectivity index (χ1n) is 6.95. The number of nitrogens with zero attached hydrogens (tertiary/aromatic N) is 2. The number of sulfonamides is 1. The van der Waals surface area contributed by atoms with Gasteiger partial charge in [-0.1, -0.05) is 22.4 Å². The summed E-state index contributed by atoms with van der Waals surface area (Å²) in [5.74, 6) is 0. The average Bonchev–Trinajstić information content (AvgIpc) is 2.49. The molecule has 1 aliphatic heterocycles. The molecule has 1 heterocycles. The van der Waals surface area contributed by atoms with Gasteiger partial charge in [-0.2, -0.15) is 4.31 Å². The molecule has 1 aromatic rings. The summed E-state index contributed by atoms with van der Waals surface area (Å²) in [6, 6.07) is 2.29. The van der Waals surface area contributed by atoms with Crippen LogP contribution in [0.25, 0.3) is 0 Å². The maximum absolute atomic E-state index is 12.8. The Kier molecular flexibility index (Phi) is 5.21. The number of nitrogens with two attached hydrogens (primary N) is 1. The molecule has 0 radical (unpaired) electrons. The topological polar surface area (TPSA) is 107 Å². The van der Waals surface area contributed by atoms with E-state index in [0.717, 1.165) is 18.9 Å². The van der Waals surface area contributed by atoms with Crippen molar-refractivity contribution >= 4 is 31.6 Å². The van der Waals surface area contributed by atoms with E-state index in [4.69, 9.17) is 5.73 Å². The standard InChI is InChI=1S/C13H18BrN3O4S/c1-9-12(14)6-11(7-13(9)17(18)19)22(20,21)16-5-3-2-4-10(16)8-15/h6-7,10H,2-5,8,15H2,1H3. The van der Waals surface area contributed by atoms with Gasteiger partial charge in [-0.3, -0.25) is 10.1 Å². The molecule has 0 bridgehead atoms. The van der Waals surface area contributed by atoms with E-state index in [-0.39, 0.29) is 23.2 Å². The van der Waals surface area contributed by atoms with Crippen LogP contribution in [0.4, 0.5) is 5.69 Å². The molecule has 0 spiro atoms. The van der Waals surface area contributed by atoms with Gasteiger partial charge >= 0.3 is 0 Å². The van der Waals surface area contributed by atoms with Crippen LogP contribution in [0.15, 0.2) is 21.5 Å². The lowest BCUT2D eigenvalue weighted by molar-refractivity contribution is -0.385. The molecular formula is C13H18BrN3O4S. The lowest BCUT2D eigenvalue weighted by Crippen LogP contribution is -2.47. The molecule has 0 aliphatic carbocycles. The lowest BCUT2D eigenvalue weighted by Gasteiger charge is -2.33. The Balaban J connectivity index is 2.51. The normalized spacial score (nSPS) is 20.0. The number of hydrogen-bond acceptors (Lipinski definition) is 5. The molecule has 1 aliphatic rings. The van der Waals surface area contributed by atoms with Crippen molar-refractivity contribution in [2.75, 3.05) is 13.1 Å². The Bertz CT molecular complexity index is 693. The SMILES string of the molecule is Cc1c(Br)cc(S(=O)(=O)N2CCCCC2CN)cc1[N+](=O)[O-]. The minimum Gasteiger partial charge on any atom is -0.329 e. The van der Waals surface area contributed by atoms with Crippen LogP contribution >= 0.6 is 15.9 Å². The predicted octanol–water partition coefficient (Wildman–Crippen LogP) is 2.17. The number of piperidine rings is 1. The highest BCUT2D eigenvalue weighted by Gasteiger charge is 2.34. The Hall–Kier alpha value is -1.03. The average molecular weight is 392 g/mol. The third-order valence-electron chi connectivity index (χ3n) is 3.94. The summed E-state index contributed by atoms with van der Waals surface area (Å²) in [6.07, 6.45) is 2.42.